The lowest BCUT2D eigenvalue weighted by Gasteiger charge is -2.01. The minimum atomic E-state index is -0.920. The first-order valence-corrected chi connectivity index (χ1v) is 7.02. The van der Waals surface area contributed by atoms with Crippen LogP contribution in [-0.2, 0) is 0 Å². The van der Waals surface area contributed by atoms with Crippen LogP contribution in [0.4, 0.5) is 0 Å². The van der Waals surface area contributed by atoms with Gasteiger partial charge >= 0.3 is 5.97 Å². The third-order valence-electron chi connectivity index (χ3n) is 2.83. The summed E-state index contributed by atoms with van der Waals surface area (Å²) in [5, 5.41) is 13.4. The standard InChI is InChI=1S/C12H8BrN3O2S/c1-6-9(11(13)19-10(6)12(17)18)7-5-14-8-3-2-4-15-16(7)8/h2-5H,1H3,(H,17,18). The maximum Gasteiger partial charge on any atom is 0.346 e. The van der Waals surface area contributed by atoms with Gasteiger partial charge < -0.3 is 5.11 Å². The molecule has 0 spiro atoms. The summed E-state index contributed by atoms with van der Waals surface area (Å²) < 4.78 is 2.47. The topological polar surface area (TPSA) is 67.5 Å². The molecule has 3 heterocycles. The lowest BCUT2D eigenvalue weighted by Crippen LogP contribution is -1.96. The number of carboxylic acids is 1. The summed E-state index contributed by atoms with van der Waals surface area (Å²) in [4.78, 5) is 15.8. The van der Waals surface area contributed by atoms with E-state index in [1.807, 2.05) is 12.1 Å². The number of hydrogen-bond donors (Lipinski definition) is 1. The van der Waals surface area contributed by atoms with Gasteiger partial charge in [0.25, 0.3) is 0 Å². The van der Waals surface area contributed by atoms with Crippen molar-refractivity contribution in [2.24, 2.45) is 0 Å². The van der Waals surface area contributed by atoms with Crippen molar-refractivity contribution in [3.63, 3.8) is 0 Å². The normalized spacial score (nSPS) is 11.1. The van der Waals surface area contributed by atoms with E-state index in [-0.39, 0.29) is 0 Å². The van der Waals surface area contributed by atoms with Gasteiger partial charge in [-0.05, 0) is 40.5 Å². The Balaban J connectivity index is 2.30. The van der Waals surface area contributed by atoms with Gasteiger partial charge in [0.15, 0.2) is 5.65 Å². The van der Waals surface area contributed by atoms with Gasteiger partial charge in [-0.1, -0.05) is 0 Å². The number of carbonyl (C=O) groups is 1. The van der Waals surface area contributed by atoms with Gasteiger partial charge in [0.2, 0.25) is 0 Å². The Hall–Kier alpha value is -1.73. The molecule has 1 N–H and O–H groups in total. The van der Waals surface area contributed by atoms with Crippen LogP contribution in [0.25, 0.3) is 16.9 Å². The van der Waals surface area contributed by atoms with E-state index in [0.29, 0.717) is 4.88 Å². The number of halogens is 1. The zero-order valence-electron chi connectivity index (χ0n) is 9.79. The predicted octanol–water partition coefficient (Wildman–Crippen LogP) is 3.23. The first-order chi connectivity index (χ1) is 9.09. The number of thiophene rings is 1. The summed E-state index contributed by atoms with van der Waals surface area (Å²) in [5.41, 5.74) is 3.06. The van der Waals surface area contributed by atoms with Gasteiger partial charge in [0.1, 0.15) is 4.88 Å². The molecule has 7 heteroatoms. The molecule has 0 amide bonds. The highest BCUT2D eigenvalue weighted by molar-refractivity contribution is 9.11. The molecule has 3 aromatic heterocycles. The second kappa shape index (κ2) is 4.43. The van der Waals surface area contributed by atoms with E-state index in [1.54, 1.807) is 23.8 Å². The van der Waals surface area contributed by atoms with Gasteiger partial charge in [-0.2, -0.15) is 5.10 Å². The number of nitrogens with zero attached hydrogens (tertiary/aromatic N) is 3. The third-order valence-corrected chi connectivity index (χ3v) is 4.78. The summed E-state index contributed by atoms with van der Waals surface area (Å²) in [6, 6.07) is 3.66. The smallest absolute Gasteiger partial charge is 0.346 e. The Morgan fingerprint density at radius 3 is 3.00 bits per heavy atom. The zero-order valence-corrected chi connectivity index (χ0v) is 12.2. The molecule has 3 aromatic rings. The van der Waals surface area contributed by atoms with Gasteiger partial charge in [-0.3, -0.25) is 0 Å². The van der Waals surface area contributed by atoms with E-state index < -0.39 is 5.97 Å². The van der Waals surface area contributed by atoms with E-state index in [0.717, 1.165) is 26.3 Å². The van der Waals surface area contributed by atoms with Gasteiger partial charge in [0, 0.05) is 11.8 Å². The molecule has 0 aliphatic rings. The van der Waals surface area contributed by atoms with Crippen LogP contribution in [0, 0.1) is 6.92 Å². The molecule has 0 bridgehead atoms. The summed E-state index contributed by atoms with van der Waals surface area (Å²) >= 11 is 4.63. The quantitative estimate of drug-likeness (QED) is 0.779. The van der Waals surface area contributed by atoms with Gasteiger partial charge in [-0.15, -0.1) is 11.3 Å². The van der Waals surface area contributed by atoms with Crippen LogP contribution in [-0.4, -0.2) is 25.7 Å². The van der Waals surface area contributed by atoms with Crippen LogP contribution in [0.1, 0.15) is 15.2 Å². The minimum absolute atomic E-state index is 0.327. The van der Waals surface area contributed by atoms with E-state index in [9.17, 15) is 4.79 Å². The highest BCUT2D eigenvalue weighted by Gasteiger charge is 2.21. The Labute approximate surface area is 120 Å². The van der Waals surface area contributed by atoms with Crippen molar-refractivity contribution in [1.29, 1.82) is 0 Å². The molecule has 3 rings (SSSR count). The molecule has 0 fully saturated rings. The zero-order chi connectivity index (χ0) is 13.6. The molecule has 0 aliphatic carbocycles. The van der Waals surface area contributed by atoms with Gasteiger partial charge in [-0.25, -0.2) is 14.3 Å². The second-order valence-corrected chi connectivity index (χ2v) is 6.29. The third kappa shape index (κ3) is 1.85. The summed E-state index contributed by atoms with van der Waals surface area (Å²) in [6.45, 7) is 1.79. The number of aromatic nitrogens is 3. The molecule has 0 saturated carbocycles. The monoisotopic (exact) mass is 337 g/mol. The van der Waals surface area contributed by atoms with Gasteiger partial charge in [0.05, 0.1) is 15.7 Å². The predicted molar refractivity (Wildman–Crippen MR) is 75.7 cm³/mol. The number of hydrogen-bond acceptors (Lipinski definition) is 4. The molecular weight excluding hydrogens is 330 g/mol. The molecule has 19 heavy (non-hydrogen) atoms. The molecule has 0 aliphatic heterocycles. The van der Waals surface area contributed by atoms with Crippen LogP contribution in [0.5, 0.6) is 0 Å². The van der Waals surface area contributed by atoms with Crippen molar-refractivity contribution in [2.45, 2.75) is 6.92 Å². The lowest BCUT2D eigenvalue weighted by molar-refractivity contribution is 0.0701. The van der Waals surface area contributed by atoms with E-state index >= 15 is 0 Å². The molecule has 0 radical (unpaired) electrons. The van der Waals surface area contributed by atoms with Crippen LogP contribution in [0.15, 0.2) is 28.3 Å². The van der Waals surface area contributed by atoms with Crippen LogP contribution in [0.3, 0.4) is 0 Å². The van der Waals surface area contributed by atoms with Crippen molar-refractivity contribution in [3.05, 3.63) is 38.8 Å². The molecular formula is C12H8BrN3O2S. The highest BCUT2D eigenvalue weighted by Crippen LogP contribution is 2.39. The Morgan fingerprint density at radius 2 is 2.32 bits per heavy atom. The largest absolute Gasteiger partial charge is 0.477 e. The van der Waals surface area contributed by atoms with Crippen molar-refractivity contribution < 1.29 is 9.90 Å². The average Bonchev–Trinajstić information content (AvgIpc) is 2.91. The van der Waals surface area contributed by atoms with Crippen molar-refractivity contribution >= 4 is 38.9 Å². The maximum absolute atomic E-state index is 11.2. The molecule has 0 saturated heterocycles. The van der Waals surface area contributed by atoms with Crippen LogP contribution < -0.4 is 0 Å². The maximum atomic E-state index is 11.2. The lowest BCUT2D eigenvalue weighted by atomic mass is 10.1. The number of aromatic carboxylic acids is 1. The molecule has 0 atom stereocenters. The summed E-state index contributed by atoms with van der Waals surface area (Å²) in [5.74, 6) is -0.920. The first kappa shape index (κ1) is 12.3. The fourth-order valence-corrected chi connectivity index (χ4v) is 3.84. The van der Waals surface area contributed by atoms with Crippen LogP contribution >= 0.6 is 27.3 Å². The Morgan fingerprint density at radius 1 is 1.53 bits per heavy atom. The molecule has 0 aromatic carbocycles. The second-order valence-electron chi connectivity index (χ2n) is 3.95. The average molecular weight is 338 g/mol. The molecule has 96 valence electrons. The minimum Gasteiger partial charge on any atom is -0.477 e. The Bertz CT molecular complexity index is 793. The van der Waals surface area contributed by atoms with Crippen molar-refractivity contribution in [2.75, 3.05) is 0 Å². The van der Waals surface area contributed by atoms with Crippen molar-refractivity contribution in [1.82, 2.24) is 14.6 Å². The molecule has 5 nitrogen and oxygen atoms in total. The fourth-order valence-electron chi connectivity index (χ4n) is 1.97. The summed E-state index contributed by atoms with van der Waals surface area (Å²) in [7, 11) is 0. The van der Waals surface area contributed by atoms with E-state index in [4.69, 9.17) is 5.11 Å². The number of imidazole rings is 1. The Kier molecular flexibility index (Phi) is 2.87. The highest BCUT2D eigenvalue weighted by atomic mass is 79.9. The fraction of sp³-hybridized carbons (Fsp3) is 0.0833. The number of fused-ring (bicyclic) bond motifs is 1. The number of carboxylic acid groups (broad SMARTS) is 1. The van der Waals surface area contributed by atoms with E-state index in [1.165, 1.54) is 11.3 Å². The molecule has 0 unspecified atom stereocenters. The van der Waals surface area contributed by atoms with Crippen LogP contribution in [0.2, 0.25) is 0 Å². The van der Waals surface area contributed by atoms with Crippen molar-refractivity contribution in [3.8, 4) is 11.3 Å². The SMILES string of the molecule is Cc1c(C(=O)O)sc(Br)c1-c1cnc2cccnn12. The summed E-state index contributed by atoms with van der Waals surface area (Å²) in [6.07, 6.45) is 3.37. The number of rotatable bonds is 2. The first-order valence-electron chi connectivity index (χ1n) is 5.41. The van der Waals surface area contributed by atoms with E-state index in [2.05, 4.69) is 26.0 Å².